The lowest BCUT2D eigenvalue weighted by Crippen LogP contribution is -2.43. The first-order chi connectivity index (χ1) is 9.45. The van der Waals surface area contributed by atoms with Gasteiger partial charge < -0.3 is 10.5 Å². The quantitative estimate of drug-likeness (QED) is 0.863. The lowest BCUT2D eigenvalue weighted by atomic mass is 10.1. The van der Waals surface area contributed by atoms with E-state index in [4.69, 9.17) is 22.1 Å². The largest absolute Gasteiger partial charge is 0.399 e. The molecule has 1 saturated heterocycles. The molecule has 0 amide bonds. The Morgan fingerprint density at radius 3 is 2.95 bits per heavy atom. The van der Waals surface area contributed by atoms with Gasteiger partial charge in [0.2, 0.25) is 10.0 Å². The highest BCUT2D eigenvalue weighted by Crippen LogP contribution is 2.28. The van der Waals surface area contributed by atoms with Crippen LogP contribution in [0, 0.1) is 0 Å². The zero-order valence-electron chi connectivity index (χ0n) is 11.4. The summed E-state index contributed by atoms with van der Waals surface area (Å²) in [6.45, 7) is 3.33. The summed E-state index contributed by atoms with van der Waals surface area (Å²) in [6.07, 6.45) is 1.61. The molecule has 0 spiro atoms. The lowest BCUT2D eigenvalue weighted by molar-refractivity contribution is 0.0265. The number of hydrogen-bond acceptors (Lipinski definition) is 4. The van der Waals surface area contributed by atoms with Gasteiger partial charge in [0.15, 0.2) is 0 Å². The highest BCUT2D eigenvalue weighted by atomic mass is 35.5. The van der Waals surface area contributed by atoms with Crippen LogP contribution in [0.1, 0.15) is 19.8 Å². The average Bonchev–Trinajstić information content (AvgIpc) is 2.42. The molecule has 1 aliphatic rings. The van der Waals surface area contributed by atoms with Crippen molar-refractivity contribution < 1.29 is 13.2 Å². The molecule has 1 fully saturated rings. The second-order valence-corrected chi connectivity index (χ2v) is 7.09. The molecule has 1 heterocycles. The molecule has 0 aromatic heterocycles. The highest BCUT2D eigenvalue weighted by molar-refractivity contribution is 7.89. The van der Waals surface area contributed by atoms with E-state index in [1.54, 1.807) is 6.07 Å². The Morgan fingerprint density at radius 2 is 2.25 bits per heavy atom. The van der Waals surface area contributed by atoms with Crippen LogP contribution in [0.4, 0.5) is 5.69 Å². The van der Waals surface area contributed by atoms with E-state index in [9.17, 15) is 8.42 Å². The molecule has 1 aliphatic heterocycles. The smallest absolute Gasteiger partial charge is 0.244 e. The first kappa shape index (κ1) is 15.6. The van der Waals surface area contributed by atoms with Gasteiger partial charge in [-0.2, -0.15) is 4.31 Å². The summed E-state index contributed by atoms with van der Waals surface area (Å²) in [5.41, 5.74) is 6.04. The molecule has 0 aliphatic carbocycles. The number of rotatable bonds is 4. The van der Waals surface area contributed by atoms with E-state index < -0.39 is 10.0 Å². The van der Waals surface area contributed by atoms with Crippen molar-refractivity contribution in [3.8, 4) is 0 Å². The van der Waals surface area contributed by atoms with E-state index in [0.717, 1.165) is 12.8 Å². The normalized spacial score (nSPS) is 21.0. The zero-order valence-corrected chi connectivity index (χ0v) is 13.0. The van der Waals surface area contributed by atoms with Gasteiger partial charge in [0, 0.05) is 25.4 Å². The maximum atomic E-state index is 12.6. The van der Waals surface area contributed by atoms with E-state index in [1.807, 2.05) is 6.92 Å². The molecule has 20 heavy (non-hydrogen) atoms. The molecule has 0 radical (unpaired) electrons. The molecular formula is C13H19ClN2O3S. The second kappa shape index (κ2) is 6.30. The average molecular weight is 319 g/mol. The number of sulfonamides is 1. The van der Waals surface area contributed by atoms with Crippen LogP contribution < -0.4 is 5.73 Å². The van der Waals surface area contributed by atoms with Crippen molar-refractivity contribution in [1.82, 2.24) is 4.31 Å². The summed E-state index contributed by atoms with van der Waals surface area (Å²) in [5, 5.41) is 0.192. The van der Waals surface area contributed by atoms with Crippen LogP contribution in [0.3, 0.4) is 0 Å². The van der Waals surface area contributed by atoms with E-state index in [2.05, 4.69) is 0 Å². The minimum absolute atomic E-state index is 0.0524. The summed E-state index contributed by atoms with van der Waals surface area (Å²) < 4.78 is 32.2. The fraction of sp³-hybridized carbons (Fsp3) is 0.538. The number of nitrogen functional groups attached to an aromatic ring is 1. The SMILES string of the molecule is CCOC1CCCN(S(=O)(=O)c2cc(N)ccc2Cl)C1. The summed E-state index contributed by atoms with van der Waals surface area (Å²) in [7, 11) is -3.63. The van der Waals surface area contributed by atoms with Crippen molar-refractivity contribution >= 4 is 27.3 Å². The minimum Gasteiger partial charge on any atom is -0.399 e. The second-order valence-electron chi connectivity index (χ2n) is 4.77. The molecule has 2 N–H and O–H groups in total. The van der Waals surface area contributed by atoms with Crippen LogP contribution in [0.25, 0.3) is 0 Å². The van der Waals surface area contributed by atoms with E-state index in [-0.39, 0.29) is 16.0 Å². The van der Waals surface area contributed by atoms with Crippen molar-refractivity contribution in [2.24, 2.45) is 0 Å². The van der Waals surface area contributed by atoms with Crippen molar-refractivity contribution in [3.05, 3.63) is 23.2 Å². The maximum absolute atomic E-state index is 12.6. The Bertz CT molecular complexity index is 575. The van der Waals surface area contributed by atoms with Gasteiger partial charge in [-0.15, -0.1) is 0 Å². The predicted molar refractivity (Wildman–Crippen MR) is 79.3 cm³/mol. The van der Waals surface area contributed by atoms with Crippen LogP contribution in [0.5, 0.6) is 0 Å². The van der Waals surface area contributed by atoms with Crippen LogP contribution in [0.15, 0.2) is 23.1 Å². The molecule has 7 heteroatoms. The number of anilines is 1. The number of nitrogens with two attached hydrogens (primary N) is 1. The number of hydrogen-bond donors (Lipinski definition) is 1. The van der Waals surface area contributed by atoms with Gasteiger partial charge in [-0.05, 0) is 38.0 Å². The van der Waals surface area contributed by atoms with Gasteiger partial charge in [0.25, 0.3) is 0 Å². The van der Waals surface area contributed by atoms with Crippen LogP contribution in [-0.4, -0.2) is 38.5 Å². The maximum Gasteiger partial charge on any atom is 0.244 e. The lowest BCUT2D eigenvalue weighted by Gasteiger charge is -2.31. The van der Waals surface area contributed by atoms with E-state index in [1.165, 1.54) is 16.4 Å². The number of piperidine rings is 1. The van der Waals surface area contributed by atoms with Gasteiger partial charge >= 0.3 is 0 Å². The number of halogens is 1. The predicted octanol–water partition coefficient (Wildman–Crippen LogP) is 2.11. The third-order valence-electron chi connectivity index (χ3n) is 3.32. The molecule has 1 aromatic rings. The van der Waals surface area contributed by atoms with Crippen LogP contribution >= 0.6 is 11.6 Å². The van der Waals surface area contributed by atoms with Crippen molar-refractivity contribution in [2.75, 3.05) is 25.4 Å². The van der Waals surface area contributed by atoms with Gasteiger partial charge in [-0.25, -0.2) is 8.42 Å². The topological polar surface area (TPSA) is 72.6 Å². The number of nitrogens with zero attached hydrogens (tertiary/aromatic N) is 1. The fourth-order valence-electron chi connectivity index (χ4n) is 2.35. The van der Waals surface area contributed by atoms with Gasteiger partial charge in [-0.3, -0.25) is 0 Å². The summed E-state index contributed by atoms with van der Waals surface area (Å²) in [5.74, 6) is 0. The Kier molecular flexibility index (Phi) is 4.90. The molecule has 0 saturated carbocycles. The third kappa shape index (κ3) is 3.25. The summed E-state index contributed by atoms with van der Waals surface area (Å²) in [4.78, 5) is 0.0660. The van der Waals surface area contributed by atoms with Crippen LogP contribution in [0.2, 0.25) is 5.02 Å². The molecule has 1 atom stereocenters. The number of ether oxygens (including phenoxy) is 1. The van der Waals surface area contributed by atoms with Crippen molar-refractivity contribution in [1.29, 1.82) is 0 Å². The zero-order chi connectivity index (χ0) is 14.8. The monoisotopic (exact) mass is 318 g/mol. The highest BCUT2D eigenvalue weighted by Gasteiger charge is 2.31. The summed E-state index contributed by atoms with van der Waals surface area (Å²) in [6, 6.07) is 4.50. The van der Waals surface area contributed by atoms with Gasteiger partial charge in [-0.1, -0.05) is 11.6 Å². The Morgan fingerprint density at radius 1 is 1.50 bits per heavy atom. The molecule has 1 unspecified atom stereocenters. The fourth-order valence-corrected chi connectivity index (χ4v) is 4.37. The molecule has 5 nitrogen and oxygen atoms in total. The molecule has 1 aromatic carbocycles. The van der Waals surface area contributed by atoms with Crippen LogP contribution in [-0.2, 0) is 14.8 Å². The van der Waals surface area contributed by atoms with Crippen molar-refractivity contribution in [3.63, 3.8) is 0 Å². The molecule has 0 bridgehead atoms. The van der Waals surface area contributed by atoms with E-state index >= 15 is 0 Å². The number of benzene rings is 1. The van der Waals surface area contributed by atoms with Gasteiger partial charge in [0.05, 0.1) is 11.1 Å². The molecule has 2 rings (SSSR count). The summed E-state index contributed by atoms with van der Waals surface area (Å²) >= 11 is 6.00. The van der Waals surface area contributed by atoms with Gasteiger partial charge in [0.1, 0.15) is 4.90 Å². The molecular weight excluding hydrogens is 300 g/mol. The third-order valence-corrected chi connectivity index (χ3v) is 5.66. The Hall–Kier alpha value is -0.820. The Labute approximate surface area is 124 Å². The Balaban J connectivity index is 2.27. The van der Waals surface area contributed by atoms with Crippen molar-refractivity contribution in [2.45, 2.75) is 30.8 Å². The molecule has 112 valence electrons. The van der Waals surface area contributed by atoms with E-state index in [0.29, 0.717) is 25.4 Å². The first-order valence-corrected chi connectivity index (χ1v) is 8.43. The minimum atomic E-state index is -3.63. The standard InChI is InChI=1S/C13H19ClN2O3S/c1-2-19-11-4-3-7-16(9-11)20(17,18)13-8-10(15)5-6-12(13)14/h5-6,8,11H,2-4,7,9,15H2,1H3. The first-order valence-electron chi connectivity index (χ1n) is 6.62.